The van der Waals surface area contributed by atoms with Gasteiger partial charge in [-0.1, -0.05) is 6.42 Å². The smallest absolute Gasteiger partial charge is 0.407 e. The lowest BCUT2D eigenvalue weighted by Crippen LogP contribution is -2.37. The summed E-state index contributed by atoms with van der Waals surface area (Å²) >= 11 is 0. The number of likely N-dealkylation sites (tertiary alicyclic amines) is 1. The molecule has 0 aromatic carbocycles. The van der Waals surface area contributed by atoms with E-state index in [0.29, 0.717) is 0 Å². The Kier molecular flexibility index (Phi) is 6.18. The fraction of sp³-hybridized carbons (Fsp3) is 0.909. The van der Waals surface area contributed by atoms with Gasteiger partial charge in [0.25, 0.3) is 0 Å². The number of hydrogen-bond donors (Lipinski definition) is 2. The van der Waals surface area contributed by atoms with Gasteiger partial charge in [0.05, 0.1) is 7.11 Å². The molecular weight excluding hydrogens is 206 g/mol. The molecule has 0 aliphatic carbocycles. The first-order valence-corrected chi connectivity index (χ1v) is 6.03. The highest BCUT2D eigenvalue weighted by Crippen LogP contribution is 2.10. The number of nitrogens with two attached hydrogens (primary N) is 1. The Labute approximate surface area is 97.3 Å². The zero-order valence-electron chi connectivity index (χ0n) is 10.1. The predicted molar refractivity (Wildman–Crippen MR) is 63.3 cm³/mol. The van der Waals surface area contributed by atoms with Crippen molar-refractivity contribution in [3.05, 3.63) is 0 Å². The van der Waals surface area contributed by atoms with Crippen LogP contribution in [0.5, 0.6) is 0 Å². The molecule has 1 aliphatic rings. The summed E-state index contributed by atoms with van der Waals surface area (Å²) in [6, 6.07) is 0.252. The minimum Gasteiger partial charge on any atom is -0.453 e. The van der Waals surface area contributed by atoms with Crippen molar-refractivity contribution in [2.24, 2.45) is 5.73 Å². The maximum Gasteiger partial charge on any atom is 0.407 e. The fourth-order valence-electron chi connectivity index (χ4n) is 2.04. The summed E-state index contributed by atoms with van der Waals surface area (Å²) in [5.74, 6) is 0. The van der Waals surface area contributed by atoms with Crippen molar-refractivity contribution in [2.75, 3.05) is 33.3 Å². The Morgan fingerprint density at radius 2 is 2.31 bits per heavy atom. The van der Waals surface area contributed by atoms with Gasteiger partial charge in [-0.05, 0) is 32.4 Å². The molecule has 1 fully saturated rings. The van der Waals surface area contributed by atoms with E-state index in [-0.39, 0.29) is 12.1 Å². The van der Waals surface area contributed by atoms with Gasteiger partial charge in [-0.15, -0.1) is 0 Å². The molecule has 0 radical (unpaired) electrons. The second-order valence-electron chi connectivity index (χ2n) is 4.27. The van der Waals surface area contributed by atoms with Crippen molar-refractivity contribution in [1.82, 2.24) is 10.2 Å². The second kappa shape index (κ2) is 7.46. The standard InChI is InChI=1S/C11H23N3O2/c1-16-11(15)13-10-5-8-14(9-10)7-4-2-3-6-12/h10H,2-9,12H2,1H3,(H,13,15). The van der Waals surface area contributed by atoms with Crippen LogP contribution in [0.1, 0.15) is 25.7 Å². The van der Waals surface area contributed by atoms with Gasteiger partial charge in [0.2, 0.25) is 0 Å². The van der Waals surface area contributed by atoms with Gasteiger partial charge in [0.1, 0.15) is 0 Å². The van der Waals surface area contributed by atoms with Gasteiger partial charge in [0.15, 0.2) is 0 Å². The van der Waals surface area contributed by atoms with Crippen molar-refractivity contribution >= 4 is 6.09 Å². The van der Waals surface area contributed by atoms with Crippen LogP contribution in [-0.4, -0.2) is 50.3 Å². The molecule has 1 atom stereocenters. The third-order valence-corrected chi connectivity index (χ3v) is 2.96. The van der Waals surface area contributed by atoms with E-state index >= 15 is 0 Å². The number of unbranched alkanes of at least 4 members (excludes halogenated alkanes) is 2. The van der Waals surface area contributed by atoms with Crippen LogP contribution >= 0.6 is 0 Å². The maximum absolute atomic E-state index is 11.0. The van der Waals surface area contributed by atoms with Crippen molar-refractivity contribution in [3.63, 3.8) is 0 Å². The monoisotopic (exact) mass is 229 g/mol. The topological polar surface area (TPSA) is 67.6 Å². The van der Waals surface area contributed by atoms with E-state index in [0.717, 1.165) is 39.0 Å². The lowest BCUT2D eigenvalue weighted by Gasteiger charge is -2.16. The third kappa shape index (κ3) is 4.81. The number of carbonyl (C=O) groups excluding carboxylic acids is 1. The number of rotatable bonds is 6. The molecule has 1 rings (SSSR count). The van der Waals surface area contributed by atoms with Crippen LogP contribution in [0.3, 0.4) is 0 Å². The minimum absolute atomic E-state index is 0.252. The second-order valence-corrected chi connectivity index (χ2v) is 4.27. The van der Waals surface area contributed by atoms with E-state index in [1.807, 2.05) is 0 Å². The van der Waals surface area contributed by atoms with E-state index in [9.17, 15) is 4.79 Å². The van der Waals surface area contributed by atoms with Crippen LogP contribution in [0.4, 0.5) is 4.79 Å². The van der Waals surface area contributed by atoms with E-state index in [2.05, 4.69) is 15.0 Å². The number of carbonyl (C=O) groups is 1. The number of amides is 1. The molecule has 0 aromatic heterocycles. The molecule has 1 saturated heterocycles. The number of nitrogens with zero attached hydrogens (tertiary/aromatic N) is 1. The SMILES string of the molecule is COC(=O)NC1CCN(CCCCCN)C1. The average Bonchev–Trinajstić information content (AvgIpc) is 2.72. The van der Waals surface area contributed by atoms with Gasteiger partial charge in [-0.25, -0.2) is 4.79 Å². The molecule has 94 valence electrons. The van der Waals surface area contributed by atoms with Crippen molar-refractivity contribution in [1.29, 1.82) is 0 Å². The summed E-state index contributed by atoms with van der Waals surface area (Å²) in [7, 11) is 1.40. The molecule has 1 amide bonds. The van der Waals surface area contributed by atoms with Gasteiger partial charge < -0.3 is 20.7 Å². The van der Waals surface area contributed by atoms with Crippen molar-refractivity contribution in [2.45, 2.75) is 31.7 Å². The molecule has 5 heteroatoms. The van der Waals surface area contributed by atoms with Crippen LogP contribution in [0.2, 0.25) is 0 Å². The Morgan fingerprint density at radius 1 is 1.50 bits per heavy atom. The summed E-state index contributed by atoms with van der Waals surface area (Å²) in [5, 5.41) is 2.84. The number of alkyl carbamates (subject to hydrolysis) is 1. The lowest BCUT2D eigenvalue weighted by molar-refractivity contribution is 0.166. The predicted octanol–water partition coefficient (Wildman–Crippen LogP) is 0.546. The molecule has 3 N–H and O–H groups in total. The molecule has 0 saturated carbocycles. The van der Waals surface area contributed by atoms with Gasteiger partial charge in [0, 0.05) is 19.1 Å². The minimum atomic E-state index is -0.324. The Bertz CT molecular complexity index is 211. The average molecular weight is 229 g/mol. The number of nitrogens with one attached hydrogen (secondary N) is 1. The summed E-state index contributed by atoms with van der Waals surface area (Å²) in [4.78, 5) is 13.4. The van der Waals surface area contributed by atoms with Crippen LogP contribution in [-0.2, 0) is 4.74 Å². The highest BCUT2D eigenvalue weighted by atomic mass is 16.5. The maximum atomic E-state index is 11.0. The molecule has 1 unspecified atom stereocenters. The molecule has 0 spiro atoms. The van der Waals surface area contributed by atoms with E-state index in [1.54, 1.807) is 0 Å². The van der Waals surface area contributed by atoms with Gasteiger partial charge in [-0.2, -0.15) is 0 Å². The summed E-state index contributed by atoms with van der Waals surface area (Å²) in [6.45, 7) is 3.90. The summed E-state index contributed by atoms with van der Waals surface area (Å²) in [5.41, 5.74) is 5.44. The third-order valence-electron chi connectivity index (χ3n) is 2.96. The molecule has 1 heterocycles. The molecular formula is C11H23N3O2. The van der Waals surface area contributed by atoms with E-state index in [1.165, 1.54) is 20.0 Å². The molecule has 0 aromatic rings. The van der Waals surface area contributed by atoms with Crippen molar-refractivity contribution < 1.29 is 9.53 Å². The summed E-state index contributed by atoms with van der Waals surface area (Å²) in [6.07, 6.45) is 4.20. The van der Waals surface area contributed by atoms with Gasteiger partial charge >= 0.3 is 6.09 Å². The van der Waals surface area contributed by atoms with Crippen LogP contribution < -0.4 is 11.1 Å². The van der Waals surface area contributed by atoms with Crippen LogP contribution in [0.15, 0.2) is 0 Å². The van der Waals surface area contributed by atoms with E-state index < -0.39 is 0 Å². The zero-order chi connectivity index (χ0) is 11.8. The normalized spacial score (nSPS) is 21.0. The molecule has 5 nitrogen and oxygen atoms in total. The molecule has 0 bridgehead atoms. The van der Waals surface area contributed by atoms with Crippen LogP contribution in [0, 0.1) is 0 Å². The first-order valence-electron chi connectivity index (χ1n) is 6.03. The number of ether oxygens (including phenoxy) is 1. The largest absolute Gasteiger partial charge is 0.453 e. The fourth-order valence-corrected chi connectivity index (χ4v) is 2.04. The number of hydrogen-bond acceptors (Lipinski definition) is 4. The number of methoxy groups -OCH3 is 1. The highest BCUT2D eigenvalue weighted by Gasteiger charge is 2.23. The Balaban J connectivity index is 2.07. The van der Waals surface area contributed by atoms with Crippen molar-refractivity contribution in [3.8, 4) is 0 Å². The first-order chi connectivity index (χ1) is 7.76. The van der Waals surface area contributed by atoms with E-state index in [4.69, 9.17) is 5.73 Å². The first kappa shape index (κ1) is 13.3. The van der Waals surface area contributed by atoms with Crippen LogP contribution in [0.25, 0.3) is 0 Å². The summed E-state index contributed by atoms with van der Waals surface area (Å²) < 4.78 is 4.58. The zero-order valence-corrected chi connectivity index (χ0v) is 10.1. The highest BCUT2D eigenvalue weighted by molar-refractivity contribution is 5.67. The molecule has 1 aliphatic heterocycles. The Hall–Kier alpha value is -0.810. The molecule has 16 heavy (non-hydrogen) atoms. The van der Waals surface area contributed by atoms with Gasteiger partial charge in [-0.3, -0.25) is 0 Å². The Morgan fingerprint density at radius 3 is 3.00 bits per heavy atom. The quantitative estimate of drug-likeness (QED) is 0.653. The lowest BCUT2D eigenvalue weighted by atomic mass is 10.2.